The fraction of sp³-hybridized carbons (Fsp3) is 0.0833. The maximum absolute atomic E-state index is 5.82. The van der Waals surface area contributed by atoms with Gasteiger partial charge in [-0.15, -0.1) is 15.3 Å². The van der Waals surface area contributed by atoms with Crippen LogP contribution in [0.2, 0.25) is 0 Å². The van der Waals surface area contributed by atoms with E-state index in [0.29, 0.717) is 11.4 Å². The number of aryl methyl sites for hydroxylation is 1. The van der Waals surface area contributed by atoms with Gasteiger partial charge in [-0.25, -0.2) is 0 Å². The second-order valence-electron chi connectivity index (χ2n) is 4.06. The second kappa shape index (κ2) is 5.17. The lowest BCUT2D eigenvalue weighted by Gasteiger charge is -2.03. The molecule has 0 unspecified atom stereocenters. The molecule has 3 rings (SSSR count). The molecule has 1 aliphatic heterocycles. The van der Waals surface area contributed by atoms with Crippen molar-refractivity contribution in [3.8, 4) is 0 Å². The third kappa shape index (κ3) is 2.28. The number of nitrogens with zero attached hydrogens (tertiary/aromatic N) is 5. The zero-order valence-corrected chi connectivity index (χ0v) is 11.4. The topological polar surface area (TPSA) is 101 Å². The third-order valence-corrected chi connectivity index (χ3v) is 3.50. The quantitative estimate of drug-likeness (QED) is 0.832. The molecule has 3 N–H and O–H groups in total. The number of anilines is 1. The minimum Gasteiger partial charge on any atom is -0.380 e. The molecule has 0 fully saturated rings. The van der Waals surface area contributed by atoms with Gasteiger partial charge in [0.2, 0.25) is 0 Å². The molecule has 20 heavy (non-hydrogen) atoms. The molecular weight excluding hydrogens is 274 g/mol. The number of amidine groups is 1. The van der Waals surface area contributed by atoms with E-state index in [1.54, 1.807) is 0 Å². The molecular formula is C12H11N7S. The van der Waals surface area contributed by atoms with Crippen molar-refractivity contribution >= 4 is 34.5 Å². The fourth-order valence-corrected chi connectivity index (χ4v) is 2.31. The molecule has 0 atom stereocenters. The van der Waals surface area contributed by atoms with Crippen LogP contribution in [-0.4, -0.2) is 26.8 Å². The Morgan fingerprint density at radius 2 is 2.00 bits per heavy atom. The Labute approximate surface area is 119 Å². The van der Waals surface area contributed by atoms with Crippen LogP contribution >= 0.6 is 11.5 Å². The summed E-state index contributed by atoms with van der Waals surface area (Å²) in [5.74, 6) is 0.274. The van der Waals surface area contributed by atoms with Gasteiger partial charge in [-0.2, -0.15) is 5.10 Å². The maximum Gasteiger partial charge on any atom is 0.176 e. The fourth-order valence-electron chi connectivity index (χ4n) is 1.66. The van der Waals surface area contributed by atoms with Crippen molar-refractivity contribution < 1.29 is 0 Å². The highest BCUT2D eigenvalue weighted by Crippen LogP contribution is 2.16. The van der Waals surface area contributed by atoms with Gasteiger partial charge in [0.05, 0.1) is 11.4 Å². The molecule has 1 aromatic carbocycles. The molecule has 1 aliphatic rings. The molecule has 0 saturated carbocycles. The van der Waals surface area contributed by atoms with Gasteiger partial charge in [-0.1, -0.05) is 22.7 Å². The van der Waals surface area contributed by atoms with Crippen LogP contribution < -0.4 is 11.2 Å². The van der Waals surface area contributed by atoms with E-state index in [9.17, 15) is 0 Å². The summed E-state index contributed by atoms with van der Waals surface area (Å²) in [5, 5.41) is 16.2. The monoisotopic (exact) mass is 285 g/mol. The first-order valence-electron chi connectivity index (χ1n) is 5.85. The second-order valence-corrected chi connectivity index (χ2v) is 4.81. The average Bonchev–Trinajstić information content (AvgIpc) is 3.04. The summed E-state index contributed by atoms with van der Waals surface area (Å²) in [6.07, 6.45) is 0. The van der Waals surface area contributed by atoms with Gasteiger partial charge in [-0.05, 0) is 30.6 Å². The summed E-state index contributed by atoms with van der Waals surface area (Å²) in [5.41, 5.74) is 11.5. The van der Waals surface area contributed by atoms with Gasteiger partial charge in [0.25, 0.3) is 0 Å². The zero-order valence-electron chi connectivity index (χ0n) is 10.6. The molecule has 0 saturated heterocycles. The van der Waals surface area contributed by atoms with Gasteiger partial charge in [0.1, 0.15) is 10.6 Å². The van der Waals surface area contributed by atoms with Crippen LogP contribution in [0.25, 0.3) is 0 Å². The van der Waals surface area contributed by atoms with Crippen molar-refractivity contribution in [3.05, 3.63) is 40.9 Å². The van der Waals surface area contributed by atoms with Crippen LogP contribution in [-0.2, 0) is 0 Å². The van der Waals surface area contributed by atoms with E-state index in [1.807, 2.05) is 37.3 Å². The number of para-hydroxylation sites is 1. The van der Waals surface area contributed by atoms with E-state index in [2.05, 4.69) is 30.3 Å². The Hall–Kier alpha value is -2.61. The summed E-state index contributed by atoms with van der Waals surface area (Å²) in [7, 11) is 0. The van der Waals surface area contributed by atoms with Gasteiger partial charge < -0.3 is 5.73 Å². The van der Waals surface area contributed by atoms with Gasteiger partial charge >= 0.3 is 0 Å². The first-order chi connectivity index (χ1) is 9.75. The summed E-state index contributed by atoms with van der Waals surface area (Å²) < 4.78 is 3.89. The summed E-state index contributed by atoms with van der Waals surface area (Å²) in [4.78, 5) is 0.822. The summed E-state index contributed by atoms with van der Waals surface area (Å²) in [6.45, 7) is 1.86. The Morgan fingerprint density at radius 1 is 1.20 bits per heavy atom. The molecule has 0 radical (unpaired) electrons. The van der Waals surface area contributed by atoms with Gasteiger partial charge in [0.15, 0.2) is 11.5 Å². The van der Waals surface area contributed by atoms with E-state index < -0.39 is 0 Å². The molecule has 0 bridgehead atoms. The van der Waals surface area contributed by atoms with Crippen molar-refractivity contribution in [2.45, 2.75) is 6.92 Å². The molecule has 0 amide bonds. The number of nitrogens with one attached hydrogen (secondary N) is 1. The largest absolute Gasteiger partial charge is 0.380 e. The van der Waals surface area contributed by atoms with Crippen LogP contribution in [0.15, 0.2) is 45.6 Å². The Morgan fingerprint density at radius 3 is 2.70 bits per heavy atom. The highest BCUT2D eigenvalue weighted by molar-refractivity contribution is 7.10. The normalized spacial score (nSPS) is 16.1. The van der Waals surface area contributed by atoms with E-state index in [1.165, 1.54) is 11.5 Å². The third-order valence-electron chi connectivity index (χ3n) is 2.66. The SMILES string of the molecule is Cc1nnsc1C1=NN=C(N)/C1=N/Nc1ccccc1. The van der Waals surface area contributed by atoms with Crippen LogP contribution in [0.3, 0.4) is 0 Å². The highest BCUT2D eigenvalue weighted by atomic mass is 32.1. The molecule has 2 aromatic rings. The van der Waals surface area contributed by atoms with Crippen LogP contribution in [0, 0.1) is 6.92 Å². The molecule has 1 aromatic heterocycles. The zero-order chi connectivity index (χ0) is 13.9. The Kier molecular flexibility index (Phi) is 3.21. The number of hydrogen-bond donors (Lipinski definition) is 2. The van der Waals surface area contributed by atoms with Crippen molar-refractivity contribution in [1.82, 2.24) is 9.59 Å². The number of nitrogens with two attached hydrogens (primary N) is 1. The van der Waals surface area contributed by atoms with Crippen molar-refractivity contribution in [2.24, 2.45) is 21.0 Å². The highest BCUT2D eigenvalue weighted by Gasteiger charge is 2.25. The van der Waals surface area contributed by atoms with E-state index in [-0.39, 0.29) is 5.84 Å². The lowest BCUT2D eigenvalue weighted by atomic mass is 10.2. The van der Waals surface area contributed by atoms with Crippen LogP contribution in [0.4, 0.5) is 5.69 Å². The number of aromatic nitrogens is 2. The number of benzene rings is 1. The van der Waals surface area contributed by atoms with E-state index in [0.717, 1.165) is 16.3 Å². The van der Waals surface area contributed by atoms with Gasteiger partial charge in [0, 0.05) is 0 Å². The molecule has 7 nitrogen and oxygen atoms in total. The predicted molar refractivity (Wildman–Crippen MR) is 80.3 cm³/mol. The lowest BCUT2D eigenvalue weighted by molar-refractivity contribution is 1.09. The molecule has 100 valence electrons. The smallest absolute Gasteiger partial charge is 0.176 e. The average molecular weight is 285 g/mol. The molecule has 2 heterocycles. The summed E-state index contributed by atoms with van der Waals surface area (Å²) >= 11 is 1.24. The summed E-state index contributed by atoms with van der Waals surface area (Å²) in [6, 6.07) is 9.58. The number of hydrazone groups is 1. The van der Waals surface area contributed by atoms with Gasteiger partial charge in [-0.3, -0.25) is 5.43 Å². The first-order valence-corrected chi connectivity index (χ1v) is 6.63. The molecule has 8 heteroatoms. The Bertz CT molecular complexity index is 714. The van der Waals surface area contributed by atoms with E-state index in [4.69, 9.17) is 5.73 Å². The predicted octanol–water partition coefficient (Wildman–Crippen LogP) is 1.39. The number of rotatable bonds is 3. The van der Waals surface area contributed by atoms with Crippen molar-refractivity contribution in [3.63, 3.8) is 0 Å². The first kappa shape index (κ1) is 12.4. The standard InChI is InChI=1S/C12H11N7S/c1-7-11(20-19-14-7)9-10(12(13)18-16-9)17-15-8-5-3-2-4-6-8/h2-6,15H,1H3,(H2,13,17,18). The van der Waals surface area contributed by atoms with Crippen molar-refractivity contribution in [2.75, 3.05) is 5.43 Å². The minimum absolute atomic E-state index is 0.274. The molecule has 0 spiro atoms. The molecule has 0 aliphatic carbocycles. The van der Waals surface area contributed by atoms with Crippen LogP contribution in [0.5, 0.6) is 0 Å². The minimum atomic E-state index is 0.274. The van der Waals surface area contributed by atoms with Crippen molar-refractivity contribution in [1.29, 1.82) is 0 Å². The van der Waals surface area contributed by atoms with Crippen LogP contribution in [0.1, 0.15) is 10.6 Å². The lowest BCUT2D eigenvalue weighted by Crippen LogP contribution is -2.28. The number of hydrogen-bond acceptors (Lipinski definition) is 8. The maximum atomic E-state index is 5.82. The van der Waals surface area contributed by atoms with E-state index >= 15 is 0 Å². The Balaban J connectivity index is 1.89.